The number of hydrogen-bond acceptors (Lipinski definition) is 6. The third-order valence-corrected chi connectivity index (χ3v) is 4.47. The molecule has 1 aromatic heterocycles. The fraction of sp³-hybridized carbons (Fsp3) is 0.250. The van der Waals surface area contributed by atoms with E-state index < -0.39 is 29.5 Å². The molecule has 0 aliphatic heterocycles. The van der Waals surface area contributed by atoms with Gasteiger partial charge in [0.05, 0.1) is 17.4 Å². The number of benzene rings is 2. The number of carboxylic acid groups (broad SMARTS) is 1. The molecule has 144 valence electrons. The van der Waals surface area contributed by atoms with E-state index in [0.29, 0.717) is 10.9 Å². The second-order valence-corrected chi connectivity index (χ2v) is 6.35. The predicted octanol–water partition coefficient (Wildman–Crippen LogP) is 0.220. The zero-order chi connectivity index (χ0) is 20.1. The topological polar surface area (TPSA) is 117 Å². The molecule has 3 rings (SSSR count). The molecule has 0 fully saturated rings. The van der Waals surface area contributed by atoms with Gasteiger partial charge in [-0.15, -0.1) is 5.10 Å². The Labute approximate surface area is 160 Å². The van der Waals surface area contributed by atoms with Gasteiger partial charge in [0.2, 0.25) is 5.91 Å². The molecule has 0 unspecified atom stereocenters. The number of aromatic nitrogens is 3. The van der Waals surface area contributed by atoms with Crippen LogP contribution in [0.1, 0.15) is 24.9 Å². The Hall–Kier alpha value is -3.55. The van der Waals surface area contributed by atoms with Gasteiger partial charge in [0.15, 0.2) is 0 Å². The summed E-state index contributed by atoms with van der Waals surface area (Å²) in [6.45, 7) is 1.62. The second kappa shape index (κ2) is 8.43. The molecular formula is C20H19N4O4-. The van der Waals surface area contributed by atoms with Gasteiger partial charge in [0, 0.05) is 6.42 Å². The van der Waals surface area contributed by atoms with Crippen molar-refractivity contribution in [1.29, 1.82) is 0 Å². The van der Waals surface area contributed by atoms with E-state index in [1.807, 2.05) is 30.3 Å². The minimum atomic E-state index is -1.38. The zero-order valence-electron chi connectivity index (χ0n) is 15.2. The van der Waals surface area contributed by atoms with Crippen LogP contribution in [0.5, 0.6) is 0 Å². The fourth-order valence-corrected chi connectivity index (χ4v) is 2.93. The normalized spacial score (nSPS) is 13.0. The summed E-state index contributed by atoms with van der Waals surface area (Å²) < 4.78 is 1.01. The first kappa shape index (κ1) is 19.2. The Bertz CT molecular complexity index is 1050. The van der Waals surface area contributed by atoms with Gasteiger partial charge in [0.1, 0.15) is 11.6 Å². The van der Waals surface area contributed by atoms with Gasteiger partial charge in [-0.05, 0) is 24.1 Å². The molecule has 2 aromatic carbocycles. The predicted molar refractivity (Wildman–Crippen MR) is 100 cm³/mol. The smallest absolute Gasteiger partial charge is 0.278 e. The second-order valence-electron chi connectivity index (χ2n) is 6.35. The minimum absolute atomic E-state index is 0.156. The van der Waals surface area contributed by atoms with E-state index in [2.05, 4.69) is 15.6 Å². The van der Waals surface area contributed by atoms with E-state index in [9.17, 15) is 19.5 Å². The van der Waals surface area contributed by atoms with Crippen molar-refractivity contribution in [2.75, 3.05) is 0 Å². The van der Waals surface area contributed by atoms with Crippen molar-refractivity contribution < 1.29 is 14.7 Å². The quantitative estimate of drug-likeness (QED) is 0.628. The van der Waals surface area contributed by atoms with Crippen LogP contribution in [0.15, 0.2) is 59.4 Å². The van der Waals surface area contributed by atoms with E-state index in [4.69, 9.17) is 0 Å². The van der Waals surface area contributed by atoms with Crippen molar-refractivity contribution in [1.82, 2.24) is 20.3 Å². The summed E-state index contributed by atoms with van der Waals surface area (Å²) in [6, 6.07) is 13.6. The summed E-state index contributed by atoms with van der Waals surface area (Å²) in [7, 11) is 0. The molecule has 3 aromatic rings. The van der Waals surface area contributed by atoms with Crippen LogP contribution in [0.25, 0.3) is 10.9 Å². The molecule has 1 amide bonds. The molecule has 0 aliphatic rings. The van der Waals surface area contributed by atoms with Crippen LogP contribution in [0.3, 0.4) is 0 Å². The summed E-state index contributed by atoms with van der Waals surface area (Å²) in [6.07, 6.45) is 0.313. The third kappa shape index (κ3) is 4.06. The van der Waals surface area contributed by atoms with Crippen molar-refractivity contribution in [2.45, 2.75) is 31.8 Å². The lowest BCUT2D eigenvalue weighted by molar-refractivity contribution is -0.308. The molecule has 1 N–H and O–H groups in total. The van der Waals surface area contributed by atoms with Crippen molar-refractivity contribution in [3.63, 3.8) is 0 Å². The van der Waals surface area contributed by atoms with Gasteiger partial charge in [-0.2, -0.15) is 4.68 Å². The van der Waals surface area contributed by atoms with E-state index in [1.54, 1.807) is 31.2 Å². The first-order chi connectivity index (χ1) is 13.5. The number of amides is 1. The van der Waals surface area contributed by atoms with Crippen LogP contribution < -0.4 is 16.0 Å². The molecular weight excluding hydrogens is 360 g/mol. The molecule has 2 atom stereocenters. The first-order valence-corrected chi connectivity index (χ1v) is 8.90. The van der Waals surface area contributed by atoms with Crippen molar-refractivity contribution in [2.24, 2.45) is 0 Å². The highest BCUT2D eigenvalue weighted by molar-refractivity contribution is 5.86. The Kier molecular flexibility index (Phi) is 5.78. The van der Waals surface area contributed by atoms with Crippen LogP contribution in [-0.2, 0) is 16.0 Å². The number of carboxylic acids is 1. The molecule has 0 aliphatic carbocycles. The number of fused-ring (bicyclic) bond motifs is 1. The molecule has 0 bridgehead atoms. The number of aliphatic carboxylic acids is 1. The lowest BCUT2D eigenvalue weighted by atomic mass is 10.0. The van der Waals surface area contributed by atoms with Crippen LogP contribution in [0.2, 0.25) is 0 Å². The van der Waals surface area contributed by atoms with Crippen LogP contribution in [0, 0.1) is 0 Å². The van der Waals surface area contributed by atoms with Gasteiger partial charge < -0.3 is 15.2 Å². The van der Waals surface area contributed by atoms with E-state index in [0.717, 1.165) is 10.2 Å². The van der Waals surface area contributed by atoms with Gasteiger partial charge in [0.25, 0.3) is 5.56 Å². The number of carbonyl (C=O) groups is 2. The summed E-state index contributed by atoms with van der Waals surface area (Å²) in [5, 5.41) is 21.9. The molecule has 8 nitrogen and oxygen atoms in total. The van der Waals surface area contributed by atoms with Gasteiger partial charge in [-0.3, -0.25) is 9.59 Å². The Morgan fingerprint density at radius 3 is 2.46 bits per heavy atom. The molecule has 0 saturated carbocycles. The Morgan fingerprint density at radius 1 is 1.11 bits per heavy atom. The molecule has 0 radical (unpaired) electrons. The number of rotatable bonds is 7. The summed E-state index contributed by atoms with van der Waals surface area (Å²) in [5.41, 5.74) is 0.748. The van der Waals surface area contributed by atoms with Crippen LogP contribution in [0.4, 0.5) is 0 Å². The molecule has 28 heavy (non-hydrogen) atoms. The first-order valence-electron chi connectivity index (χ1n) is 8.90. The zero-order valence-corrected chi connectivity index (χ0v) is 15.2. The highest BCUT2D eigenvalue weighted by atomic mass is 16.4. The lowest BCUT2D eigenvalue weighted by Crippen LogP contribution is -2.50. The van der Waals surface area contributed by atoms with Crippen LogP contribution in [-0.4, -0.2) is 32.9 Å². The average Bonchev–Trinajstić information content (AvgIpc) is 2.71. The number of carbonyl (C=O) groups excluding carboxylic acids is 2. The number of nitrogens with zero attached hydrogens (tertiary/aromatic N) is 3. The van der Waals surface area contributed by atoms with Gasteiger partial charge >= 0.3 is 0 Å². The Balaban J connectivity index is 2.03. The monoisotopic (exact) mass is 379 g/mol. The lowest BCUT2D eigenvalue weighted by Gasteiger charge is -2.23. The summed E-state index contributed by atoms with van der Waals surface area (Å²) in [5.74, 6) is -2.02. The van der Waals surface area contributed by atoms with Crippen molar-refractivity contribution >= 4 is 22.8 Å². The SMILES string of the molecule is CC[C@H](NC(=O)[C@H](Cc1ccccc1)n1nnc2ccccc2c1=O)C(=O)[O-]. The largest absolute Gasteiger partial charge is 0.548 e. The summed E-state index contributed by atoms with van der Waals surface area (Å²) in [4.78, 5) is 37.0. The molecule has 0 saturated heterocycles. The standard InChI is InChI=1S/C20H20N4O4/c1-2-15(20(27)28)21-18(25)17(12-13-8-4-3-5-9-13)24-19(26)14-10-6-7-11-16(14)22-23-24/h3-11,15,17H,2,12H2,1H3,(H,21,25)(H,27,28)/p-1/t15-,17-/m0/s1. The van der Waals surface area contributed by atoms with Crippen molar-refractivity contribution in [3.05, 3.63) is 70.5 Å². The highest BCUT2D eigenvalue weighted by Crippen LogP contribution is 2.14. The van der Waals surface area contributed by atoms with E-state index in [-0.39, 0.29) is 12.8 Å². The van der Waals surface area contributed by atoms with E-state index in [1.165, 1.54) is 0 Å². The third-order valence-electron chi connectivity index (χ3n) is 4.47. The maximum atomic E-state index is 12.9. The van der Waals surface area contributed by atoms with Crippen LogP contribution >= 0.6 is 0 Å². The summed E-state index contributed by atoms with van der Waals surface area (Å²) >= 11 is 0. The highest BCUT2D eigenvalue weighted by Gasteiger charge is 2.26. The minimum Gasteiger partial charge on any atom is -0.548 e. The van der Waals surface area contributed by atoms with Crippen molar-refractivity contribution in [3.8, 4) is 0 Å². The molecule has 1 heterocycles. The van der Waals surface area contributed by atoms with Gasteiger partial charge in [-0.25, -0.2) is 0 Å². The number of hydrogen-bond donors (Lipinski definition) is 1. The Morgan fingerprint density at radius 2 is 1.79 bits per heavy atom. The fourth-order valence-electron chi connectivity index (χ4n) is 2.93. The van der Waals surface area contributed by atoms with E-state index >= 15 is 0 Å². The maximum Gasteiger partial charge on any atom is 0.278 e. The average molecular weight is 379 g/mol. The number of nitrogens with one attached hydrogen (secondary N) is 1. The molecule has 0 spiro atoms. The molecule has 8 heteroatoms. The maximum absolute atomic E-state index is 12.9. The van der Waals surface area contributed by atoms with Gasteiger partial charge in [-0.1, -0.05) is 54.6 Å².